The molecule has 104 valence electrons. The van der Waals surface area contributed by atoms with Crippen LogP contribution >= 0.6 is 0 Å². The Morgan fingerprint density at radius 3 is 2.44 bits per heavy atom. The van der Waals surface area contributed by atoms with Crippen molar-refractivity contribution in [2.45, 2.75) is 52.9 Å². The highest BCUT2D eigenvalue weighted by atomic mass is 16.5. The summed E-state index contributed by atoms with van der Waals surface area (Å²) in [4.78, 5) is 23.8. The number of carbonyl (C=O) groups excluding carboxylic acids is 1. The van der Waals surface area contributed by atoms with Crippen molar-refractivity contribution in [2.24, 2.45) is 17.3 Å². The highest BCUT2D eigenvalue weighted by Gasteiger charge is 2.52. The first-order chi connectivity index (χ1) is 8.48. The van der Waals surface area contributed by atoms with Crippen molar-refractivity contribution in [3.8, 4) is 0 Å². The molecule has 0 spiro atoms. The normalized spacial score (nSPS) is 27.3. The zero-order valence-corrected chi connectivity index (χ0v) is 11.6. The molecular weight excluding hydrogens is 232 g/mol. The predicted molar refractivity (Wildman–Crippen MR) is 68.1 cm³/mol. The standard InChI is InChI=1S/C14H24O4/c1-4-14(12(15)16,13(17)18-5-2)11-8-6-7-10(3)9-11/h10-11H,4-9H2,1-3H3,(H,15,16). The zero-order chi connectivity index (χ0) is 13.8. The number of ether oxygens (including phenoxy) is 1. The van der Waals surface area contributed by atoms with Crippen LogP contribution in [0.3, 0.4) is 0 Å². The molecule has 0 radical (unpaired) electrons. The van der Waals surface area contributed by atoms with Crippen molar-refractivity contribution >= 4 is 11.9 Å². The van der Waals surface area contributed by atoms with Crippen molar-refractivity contribution in [3.63, 3.8) is 0 Å². The number of carboxylic acid groups (broad SMARTS) is 1. The lowest BCUT2D eigenvalue weighted by molar-refractivity contribution is -0.175. The monoisotopic (exact) mass is 256 g/mol. The van der Waals surface area contributed by atoms with E-state index in [2.05, 4.69) is 6.92 Å². The second kappa shape index (κ2) is 6.21. The third-order valence-electron chi connectivity index (χ3n) is 4.21. The van der Waals surface area contributed by atoms with Gasteiger partial charge in [0.2, 0.25) is 0 Å². The van der Waals surface area contributed by atoms with Crippen LogP contribution in [-0.4, -0.2) is 23.7 Å². The highest BCUT2D eigenvalue weighted by molar-refractivity contribution is 5.99. The molecule has 0 aliphatic heterocycles. The molecule has 18 heavy (non-hydrogen) atoms. The van der Waals surface area contributed by atoms with E-state index in [0.29, 0.717) is 12.3 Å². The van der Waals surface area contributed by atoms with Crippen LogP contribution in [0.1, 0.15) is 52.9 Å². The average Bonchev–Trinajstić information content (AvgIpc) is 2.30. The van der Waals surface area contributed by atoms with Gasteiger partial charge in [-0.3, -0.25) is 9.59 Å². The summed E-state index contributed by atoms with van der Waals surface area (Å²) in [5.74, 6) is -1.19. The molecular formula is C14H24O4. The Bertz CT molecular complexity index is 313. The topological polar surface area (TPSA) is 63.6 Å². The van der Waals surface area contributed by atoms with E-state index in [0.717, 1.165) is 25.7 Å². The van der Waals surface area contributed by atoms with Crippen LogP contribution in [0.5, 0.6) is 0 Å². The number of aliphatic carboxylic acids is 1. The fourth-order valence-corrected chi connectivity index (χ4v) is 3.15. The van der Waals surface area contributed by atoms with Gasteiger partial charge < -0.3 is 9.84 Å². The molecule has 4 heteroatoms. The van der Waals surface area contributed by atoms with E-state index >= 15 is 0 Å². The third kappa shape index (κ3) is 2.68. The summed E-state index contributed by atoms with van der Waals surface area (Å²) in [5.41, 5.74) is -1.34. The van der Waals surface area contributed by atoms with Crippen molar-refractivity contribution in [1.82, 2.24) is 0 Å². The Hall–Kier alpha value is -1.06. The molecule has 1 aliphatic carbocycles. The predicted octanol–water partition coefficient (Wildman–Crippen LogP) is 2.86. The van der Waals surface area contributed by atoms with Gasteiger partial charge in [0.1, 0.15) is 0 Å². The van der Waals surface area contributed by atoms with Crippen LogP contribution in [0.15, 0.2) is 0 Å². The Morgan fingerprint density at radius 1 is 1.33 bits per heavy atom. The second-order valence-corrected chi connectivity index (χ2v) is 5.32. The molecule has 0 saturated heterocycles. The van der Waals surface area contributed by atoms with E-state index in [1.54, 1.807) is 13.8 Å². The molecule has 1 saturated carbocycles. The highest BCUT2D eigenvalue weighted by Crippen LogP contribution is 2.44. The third-order valence-corrected chi connectivity index (χ3v) is 4.21. The van der Waals surface area contributed by atoms with E-state index in [9.17, 15) is 14.7 Å². The van der Waals surface area contributed by atoms with E-state index in [1.165, 1.54) is 0 Å². The van der Waals surface area contributed by atoms with Crippen LogP contribution in [0.4, 0.5) is 0 Å². The van der Waals surface area contributed by atoms with Crippen LogP contribution in [0.2, 0.25) is 0 Å². The van der Waals surface area contributed by atoms with Gasteiger partial charge in [0.25, 0.3) is 0 Å². The van der Waals surface area contributed by atoms with Crippen LogP contribution < -0.4 is 0 Å². The largest absolute Gasteiger partial charge is 0.480 e. The number of hydrogen-bond acceptors (Lipinski definition) is 3. The average molecular weight is 256 g/mol. The number of hydrogen-bond donors (Lipinski definition) is 1. The molecule has 0 aromatic rings. The van der Waals surface area contributed by atoms with E-state index in [1.807, 2.05) is 0 Å². The zero-order valence-electron chi connectivity index (χ0n) is 11.6. The maximum atomic E-state index is 12.1. The van der Waals surface area contributed by atoms with Gasteiger partial charge in [-0.2, -0.15) is 0 Å². The molecule has 1 rings (SSSR count). The molecule has 0 bridgehead atoms. The molecule has 1 N–H and O–H groups in total. The summed E-state index contributed by atoms with van der Waals surface area (Å²) in [6.07, 6.45) is 4.04. The van der Waals surface area contributed by atoms with Crippen molar-refractivity contribution in [1.29, 1.82) is 0 Å². The van der Waals surface area contributed by atoms with Gasteiger partial charge in [0.05, 0.1) is 6.61 Å². The smallest absolute Gasteiger partial charge is 0.323 e. The lowest BCUT2D eigenvalue weighted by Gasteiger charge is -2.38. The molecule has 4 nitrogen and oxygen atoms in total. The molecule has 0 amide bonds. The molecule has 3 unspecified atom stereocenters. The summed E-state index contributed by atoms with van der Waals surface area (Å²) in [5, 5.41) is 9.56. The maximum Gasteiger partial charge on any atom is 0.323 e. The second-order valence-electron chi connectivity index (χ2n) is 5.32. The quantitative estimate of drug-likeness (QED) is 0.607. The minimum absolute atomic E-state index is 0.0946. The summed E-state index contributed by atoms with van der Waals surface area (Å²) in [6, 6.07) is 0. The summed E-state index contributed by atoms with van der Waals surface area (Å²) < 4.78 is 5.03. The van der Waals surface area contributed by atoms with E-state index in [-0.39, 0.29) is 12.5 Å². The molecule has 1 aliphatic rings. The number of carbonyl (C=O) groups is 2. The Balaban J connectivity index is 3.02. The van der Waals surface area contributed by atoms with Gasteiger partial charge in [-0.25, -0.2) is 0 Å². The first-order valence-corrected chi connectivity index (χ1v) is 6.89. The van der Waals surface area contributed by atoms with E-state index < -0.39 is 17.4 Å². The van der Waals surface area contributed by atoms with Crippen molar-refractivity contribution < 1.29 is 19.4 Å². The Morgan fingerprint density at radius 2 is 2.00 bits per heavy atom. The minimum Gasteiger partial charge on any atom is -0.480 e. The first kappa shape index (κ1) is 15.0. The Labute approximate surface area is 109 Å². The van der Waals surface area contributed by atoms with Crippen molar-refractivity contribution in [3.05, 3.63) is 0 Å². The molecule has 3 atom stereocenters. The van der Waals surface area contributed by atoms with Crippen LogP contribution in [0, 0.1) is 17.3 Å². The van der Waals surface area contributed by atoms with Gasteiger partial charge in [0, 0.05) is 0 Å². The molecule has 0 aromatic heterocycles. The Kier molecular flexibility index (Phi) is 5.17. The molecule has 1 fully saturated rings. The maximum absolute atomic E-state index is 12.1. The van der Waals surface area contributed by atoms with Crippen LogP contribution in [-0.2, 0) is 14.3 Å². The van der Waals surface area contributed by atoms with Crippen molar-refractivity contribution in [2.75, 3.05) is 6.61 Å². The number of esters is 1. The number of carboxylic acids is 1. The van der Waals surface area contributed by atoms with Gasteiger partial charge in [-0.15, -0.1) is 0 Å². The fraction of sp³-hybridized carbons (Fsp3) is 0.857. The lowest BCUT2D eigenvalue weighted by atomic mass is 9.65. The first-order valence-electron chi connectivity index (χ1n) is 6.89. The SMILES string of the molecule is CCOC(=O)C(CC)(C(=O)O)C1CCCC(C)C1. The van der Waals surface area contributed by atoms with Gasteiger partial charge in [-0.05, 0) is 38.0 Å². The fourth-order valence-electron chi connectivity index (χ4n) is 3.15. The molecule has 0 heterocycles. The van der Waals surface area contributed by atoms with Gasteiger partial charge >= 0.3 is 11.9 Å². The molecule has 0 aromatic carbocycles. The summed E-state index contributed by atoms with van der Waals surface area (Å²) in [7, 11) is 0. The summed E-state index contributed by atoms with van der Waals surface area (Å²) >= 11 is 0. The number of rotatable bonds is 5. The summed E-state index contributed by atoms with van der Waals surface area (Å²) in [6.45, 7) is 5.84. The van der Waals surface area contributed by atoms with E-state index in [4.69, 9.17) is 4.74 Å². The van der Waals surface area contributed by atoms with Gasteiger partial charge in [0.15, 0.2) is 5.41 Å². The lowest BCUT2D eigenvalue weighted by Crippen LogP contribution is -2.47. The van der Waals surface area contributed by atoms with Crippen LogP contribution in [0.25, 0.3) is 0 Å². The van der Waals surface area contributed by atoms with Gasteiger partial charge in [-0.1, -0.05) is 26.7 Å². The minimum atomic E-state index is -1.34.